The SMILES string of the molecule is COCCCN(CCOC)c1nccc(C)c1/C(N)=N/O. The molecule has 118 valence electrons. The van der Waals surface area contributed by atoms with E-state index in [0.29, 0.717) is 31.1 Å². The highest BCUT2D eigenvalue weighted by Crippen LogP contribution is 2.21. The van der Waals surface area contributed by atoms with E-state index < -0.39 is 0 Å². The van der Waals surface area contributed by atoms with Gasteiger partial charge in [-0.05, 0) is 25.0 Å². The van der Waals surface area contributed by atoms with E-state index in [0.717, 1.165) is 18.5 Å². The molecule has 21 heavy (non-hydrogen) atoms. The number of anilines is 1. The van der Waals surface area contributed by atoms with Crippen molar-refractivity contribution in [2.24, 2.45) is 10.9 Å². The van der Waals surface area contributed by atoms with Gasteiger partial charge in [-0.1, -0.05) is 5.16 Å². The summed E-state index contributed by atoms with van der Waals surface area (Å²) < 4.78 is 10.2. The Hall–Kier alpha value is -1.86. The molecule has 0 atom stereocenters. The molecule has 7 nitrogen and oxygen atoms in total. The zero-order valence-corrected chi connectivity index (χ0v) is 12.9. The van der Waals surface area contributed by atoms with Crippen LogP contribution in [-0.4, -0.2) is 56.5 Å². The van der Waals surface area contributed by atoms with Crippen LogP contribution in [0.1, 0.15) is 17.5 Å². The van der Waals surface area contributed by atoms with E-state index in [1.165, 1.54) is 0 Å². The van der Waals surface area contributed by atoms with E-state index in [4.69, 9.17) is 20.4 Å². The van der Waals surface area contributed by atoms with E-state index >= 15 is 0 Å². The van der Waals surface area contributed by atoms with E-state index in [9.17, 15) is 0 Å². The van der Waals surface area contributed by atoms with Crippen molar-refractivity contribution >= 4 is 11.7 Å². The van der Waals surface area contributed by atoms with Crippen LogP contribution in [0.5, 0.6) is 0 Å². The molecular weight excluding hydrogens is 272 g/mol. The van der Waals surface area contributed by atoms with Crippen LogP contribution in [-0.2, 0) is 9.47 Å². The fourth-order valence-electron chi connectivity index (χ4n) is 2.08. The minimum atomic E-state index is 0.0600. The summed E-state index contributed by atoms with van der Waals surface area (Å²) in [4.78, 5) is 6.46. The van der Waals surface area contributed by atoms with Crippen LogP contribution in [0.4, 0.5) is 5.82 Å². The maximum Gasteiger partial charge on any atom is 0.174 e. The molecule has 0 bridgehead atoms. The van der Waals surface area contributed by atoms with Crippen molar-refractivity contribution in [1.82, 2.24) is 4.98 Å². The van der Waals surface area contributed by atoms with E-state index in [-0.39, 0.29) is 5.84 Å². The lowest BCUT2D eigenvalue weighted by Gasteiger charge is -2.26. The quantitative estimate of drug-likeness (QED) is 0.232. The van der Waals surface area contributed by atoms with Gasteiger partial charge in [-0.15, -0.1) is 0 Å². The molecule has 1 aromatic rings. The molecule has 0 spiro atoms. The molecule has 1 rings (SSSR count). The molecule has 1 heterocycles. The zero-order chi connectivity index (χ0) is 15.7. The van der Waals surface area contributed by atoms with Crippen molar-refractivity contribution in [2.45, 2.75) is 13.3 Å². The van der Waals surface area contributed by atoms with Gasteiger partial charge in [0.05, 0.1) is 12.2 Å². The third-order valence-electron chi connectivity index (χ3n) is 3.14. The van der Waals surface area contributed by atoms with Crippen LogP contribution in [0.3, 0.4) is 0 Å². The third-order valence-corrected chi connectivity index (χ3v) is 3.14. The number of oxime groups is 1. The molecule has 0 unspecified atom stereocenters. The zero-order valence-electron chi connectivity index (χ0n) is 12.9. The number of aryl methyl sites for hydroxylation is 1. The number of amidine groups is 1. The first kappa shape index (κ1) is 17.2. The summed E-state index contributed by atoms with van der Waals surface area (Å²) in [5.74, 6) is 0.753. The van der Waals surface area contributed by atoms with Crippen LogP contribution < -0.4 is 10.6 Å². The Morgan fingerprint density at radius 3 is 2.67 bits per heavy atom. The molecule has 0 saturated carbocycles. The predicted octanol–water partition coefficient (Wildman–Crippen LogP) is 0.974. The maximum absolute atomic E-state index is 8.98. The number of pyridine rings is 1. The van der Waals surface area contributed by atoms with Gasteiger partial charge in [0.2, 0.25) is 0 Å². The average molecular weight is 296 g/mol. The first-order valence-corrected chi connectivity index (χ1v) is 6.82. The van der Waals surface area contributed by atoms with Gasteiger partial charge < -0.3 is 25.3 Å². The van der Waals surface area contributed by atoms with Crippen LogP contribution in [0.2, 0.25) is 0 Å². The summed E-state index contributed by atoms with van der Waals surface area (Å²) >= 11 is 0. The highest BCUT2D eigenvalue weighted by atomic mass is 16.5. The number of nitrogens with zero attached hydrogens (tertiary/aromatic N) is 3. The largest absolute Gasteiger partial charge is 0.409 e. The minimum Gasteiger partial charge on any atom is -0.409 e. The molecule has 0 saturated heterocycles. The van der Waals surface area contributed by atoms with Crippen molar-refractivity contribution in [3.8, 4) is 0 Å². The predicted molar refractivity (Wildman–Crippen MR) is 82.1 cm³/mol. The lowest BCUT2D eigenvalue weighted by atomic mass is 10.1. The molecule has 0 aromatic carbocycles. The first-order chi connectivity index (χ1) is 10.2. The standard InChI is InChI=1S/C14H24N4O3/c1-11-5-6-16-14(12(11)13(15)17-19)18(8-10-21-3)7-4-9-20-2/h5-6,19H,4,7-10H2,1-3H3,(H2,15,17). The summed E-state index contributed by atoms with van der Waals surface area (Å²) in [7, 11) is 3.33. The molecule has 0 aliphatic carbocycles. The molecular formula is C14H24N4O3. The monoisotopic (exact) mass is 296 g/mol. The van der Waals surface area contributed by atoms with Crippen molar-refractivity contribution < 1.29 is 14.7 Å². The molecule has 0 fully saturated rings. The van der Waals surface area contributed by atoms with E-state index in [1.54, 1.807) is 20.4 Å². The van der Waals surface area contributed by atoms with Crippen molar-refractivity contribution in [2.75, 3.05) is 45.4 Å². The average Bonchev–Trinajstić information content (AvgIpc) is 2.50. The van der Waals surface area contributed by atoms with Gasteiger partial charge in [-0.3, -0.25) is 0 Å². The second kappa shape index (κ2) is 9.15. The smallest absolute Gasteiger partial charge is 0.174 e. The molecule has 7 heteroatoms. The molecule has 0 amide bonds. The number of methoxy groups -OCH3 is 2. The van der Waals surface area contributed by atoms with Gasteiger partial charge in [0.1, 0.15) is 5.82 Å². The van der Waals surface area contributed by atoms with Crippen molar-refractivity contribution in [3.05, 3.63) is 23.4 Å². The lowest BCUT2D eigenvalue weighted by molar-refractivity contribution is 0.191. The number of hydrogen-bond acceptors (Lipinski definition) is 6. The highest BCUT2D eigenvalue weighted by molar-refractivity contribution is 6.02. The summed E-state index contributed by atoms with van der Waals surface area (Å²) in [6, 6.07) is 1.83. The maximum atomic E-state index is 8.98. The summed E-state index contributed by atoms with van der Waals surface area (Å²) in [5.41, 5.74) is 7.35. The summed E-state index contributed by atoms with van der Waals surface area (Å²) in [6.45, 7) is 4.55. The Labute approximate surface area is 125 Å². The normalized spacial score (nSPS) is 11.7. The van der Waals surface area contributed by atoms with Gasteiger partial charge in [-0.25, -0.2) is 4.98 Å². The fourth-order valence-corrected chi connectivity index (χ4v) is 2.08. The van der Waals surface area contributed by atoms with Gasteiger partial charge in [0, 0.05) is 40.1 Å². The molecule has 1 aromatic heterocycles. The van der Waals surface area contributed by atoms with Gasteiger partial charge in [0.15, 0.2) is 5.84 Å². The van der Waals surface area contributed by atoms with Crippen molar-refractivity contribution in [1.29, 1.82) is 0 Å². The molecule has 0 aliphatic rings. The highest BCUT2D eigenvalue weighted by Gasteiger charge is 2.17. The lowest BCUT2D eigenvalue weighted by Crippen LogP contribution is -2.32. The van der Waals surface area contributed by atoms with Gasteiger partial charge in [0.25, 0.3) is 0 Å². The Morgan fingerprint density at radius 1 is 1.33 bits per heavy atom. The van der Waals surface area contributed by atoms with Crippen LogP contribution in [0.15, 0.2) is 17.4 Å². The summed E-state index contributed by atoms with van der Waals surface area (Å²) in [6.07, 6.45) is 2.57. The summed E-state index contributed by atoms with van der Waals surface area (Å²) in [5, 5.41) is 12.1. The topological polar surface area (TPSA) is 93.2 Å². The Balaban J connectivity index is 3.07. The minimum absolute atomic E-state index is 0.0600. The van der Waals surface area contributed by atoms with Crippen LogP contribution >= 0.6 is 0 Å². The van der Waals surface area contributed by atoms with Crippen LogP contribution in [0, 0.1) is 6.92 Å². The second-order valence-electron chi connectivity index (χ2n) is 4.64. The first-order valence-electron chi connectivity index (χ1n) is 6.82. The van der Waals surface area contributed by atoms with Crippen LogP contribution in [0.25, 0.3) is 0 Å². The van der Waals surface area contributed by atoms with Crippen molar-refractivity contribution in [3.63, 3.8) is 0 Å². The molecule has 3 N–H and O–H groups in total. The number of aromatic nitrogens is 1. The third kappa shape index (κ3) is 4.87. The number of rotatable bonds is 9. The van der Waals surface area contributed by atoms with Gasteiger partial charge in [-0.2, -0.15) is 0 Å². The Kier molecular flexibility index (Phi) is 7.49. The number of ether oxygens (including phenoxy) is 2. The second-order valence-corrected chi connectivity index (χ2v) is 4.64. The number of hydrogen-bond donors (Lipinski definition) is 2. The van der Waals surface area contributed by atoms with E-state index in [2.05, 4.69) is 15.0 Å². The Bertz CT molecular complexity index is 466. The fraction of sp³-hybridized carbons (Fsp3) is 0.571. The van der Waals surface area contributed by atoms with E-state index in [1.807, 2.05) is 13.0 Å². The molecule has 0 radical (unpaired) electrons. The number of nitrogens with two attached hydrogens (primary N) is 1. The molecule has 0 aliphatic heterocycles. The Morgan fingerprint density at radius 2 is 2.05 bits per heavy atom. The van der Waals surface area contributed by atoms with Gasteiger partial charge >= 0.3 is 0 Å².